The molecule has 0 atom stereocenters. The first-order valence-electron chi connectivity index (χ1n) is 6.81. The zero-order valence-electron chi connectivity index (χ0n) is 12.5. The molecule has 0 bridgehead atoms. The lowest BCUT2D eigenvalue weighted by Crippen LogP contribution is -2.22. The SMILES string of the molecule is CNc1cc(Cl)nc2c1ccn2COCC[Si](C)(C)C. The summed E-state index contributed by atoms with van der Waals surface area (Å²) < 4.78 is 7.76. The van der Waals surface area contributed by atoms with Crippen LogP contribution in [0.4, 0.5) is 5.69 Å². The molecule has 0 fully saturated rings. The molecule has 0 unspecified atom stereocenters. The van der Waals surface area contributed by atoms with Gasteiger partial charge in [0.2, 0.25) is 0 Å². The van der Waals surface area contributed by atoms with Crippen molar-refractivity contribution in [3.05, 3.63) is 23.5 Å². The summed E-state index contributed by atoms with van der Waals surface area (Å²) in [6, 6.07) is 5.04. The Balaban J connectivity index is 2.09. The summed E-state index contributed by atoms with van der Waals surface area (Å²) in [4.78, 5) is 4.39. The van der Waals surface area contributed by atoms with Gasteiger partial charge in [-0.1, -0.05) is 31.2 Å². The number of halogens is 1. The predicted molar refractivity (Wildman–Crippen MR) is 88.4 cm³/mol. The predicted octanol–water partition coefficient (Wildman–Crippen LogP) is 4.04. The van der Waals surface area contributed by atoms with Crippen molar-refractivity contribution in [2.45, 2.75) is 32.4 Å². The smallest absolute Gasteiger partial charge is 0.145 e. The number of aromatic nitrogens is 2. The minimum absolute atomic E-state index is 0.490. The Morgan fingerprint density at radius 1 is 1.40 bits per heavy atom. The number of ether oxygens (including phenoxy) is 1. The van der Waals surface area contributed by atoms with Crippen LogP contribution in [-0.4, -0.2) is 31.3 Å². The maximum Gasteiger partial charge on any atom is 0.145 e. The first kappa shape index (κ1) is 15.3. The van der Waals surface area contributed by atoms with Gasteiger partial charge in [-0.05, 0) is 18.2 Å². The van der Waals surface area contributed by atoms with Crippen LogP contribution in [0.5, 0.6) is 0 Å². The molecule has 0 saturated heterocycles. The van der Waals surface area contributed by atoms with Crippen molar-refractivity contribution in [2.75, 3.05) is 19.0 Å². The molecular formula is C14H22ClN3OSi. The van der Waals surface area contributed by atoms with E-state index in [0.717, 1.165) is 23.3 Å². The highest BCUT2D eigenvalue weighted by atomic mass is 35.5. The molecule has 6 heteroatoms. The summed E-state index contributed by atoms with van der Waals surface area (Å²) in [6.07, 6.45) is 1.99. The Morgan fingerprint density at radius 3 is 2.80 bits per heavy atom. The van der Waals surface area contributed by atoms with E-state index in [4.69, 9.17) is 16.3 Å². The van der Waals surface area contributed by atoms with Crippen molar-refractivity contribution >= 4 is 36.4 Å². The fourth-order valence-corrected chi connectivity index (χ4v) is 2.93. The molecule has 0 radical (unpaired) electrons. The van der Waals surface area contributed by atoms with E-state index < -0.39 is 8.07 Å². The maximum absolute atomic E-state index is 6.05. The van der Waals surface area contributed by atoms with Crippen LogP contribution in [0.25, 0.3) is 11.0 Å². The molecule has 20 heavy (non-hydrogen) atoms. The Morgan fingerprint density at radius 2 is 2.15 bits per heavy atom. The topological polar surface area (TPSA) is 39.1 Å². The van der Waals surface area contributed by atoms with Crippen LogP contribution in [0.1, 0.15) is 0 Å². The summed E-state index contributed by atoms with van der Waals surface area (Å²) in [6.45, 7) is 8.37. The lowest BCUT2D eigenvalue weighted by atomic mass is 10.3. The van der Waals surface area contributed by atoms with Gasteiger partial charge in [0.15, 0.2) is 0 Å². The van der Waals surface area contributed by atoms with Crippen LogP contribution < -0.4 is 5.32 Å². The van der Waals surface area contributed by atoms with Crippen LogP contribution in [-0.2, 0) is 11.5 Å². The summed E-state index contributed by atoms with van der Waals surface area (Å²) in [7, 11) is 0.844. The van der Waals surface area contributed by atoms with E-state index in [1.807, 2.05) is 29.9 Å². The zero-order chi connectivity index (χ0) is 14.8. The van der Waals surface area contributed by atoms with Crippen molar-refractivity contribution < 1.29 is 4.74 Å². The molecule has 0 aliphatic heterocycles. The largest absolute Gasteiger partial charge is 0.387 e. The third-order valence-corrected chi connectivity index (χ3v) is 5.09. The van der Waals surface area contributed by atoms with E-state index in [0.29, 0.717) is 11.9 Å². The number of fused-ring (bicyclic) bond motifs is 1. The van der Waals surface area contributed by atoms with Gasteiger partial charge in [-0.2, -0.15) is 0 Å². The van der Waals surface area contributed by atoms with Gasteiger partial charge in [-0.3, -0.25) is 0 Å². The molecule has 0 amide bonds. The highest BCUT2D eigenvalue weighted by molar-refractivity contribution is 6.76. The van der Waals surface area contributed by atoms with E-state index in [1.165, 1.54) is 6.04 Å². The fourth-order valence-electron chi connectivity index (χ4n) is 1.98. The van der Waals surface area contributed by atoms with Gasteiger partial charge >= 0.3 is 0 Å². The van der Waals surface area contributed by atoms with Gasteiger partial charge < -0.3 is 14.6 Å². The van der Waals surface area contributed by atoms with E-state index in [1.54, 1.807) is 0 Å². The molecule has 0 aliphatic rings. The second-order valence-corrected chi connectivity index (χ2v) is 12.1. The molecule has 0 aliphatic carbocycles. The number of anilines is 1. The van der Waals surface area contributed by atoms with Crippen molar-refractivity contribution in [1.82, 2.24) is 9.55 Å². The van der Waals surface area contributed by atoms with E-state index in [9.17, 15) is 0 Å². The second kappa shape index (κ2) is 6.16. The lowest BCUT2D eigenvalue weighted by Gasteiger charge is -2.15. The quantitative estimate of drug-likeness (QED) is 0.497. The summed E-state index contributed by atoms with van der Waals surface area (Å²) in [5.74, 6) is 0. The normalized spacial score (nSPS) is 12.1. The zero-order valence-corrected chi connectivity index (χ0v) is 14.3. The minimum atomic E-state index is -1.04. The molecule has 0 spiro atoms. The second-order valence-electron chi connectivity index (χ2n) is 6.11. The van der Waals surface area contributed by atoms with Crippen LogP contribution in [0.3, 0.4) is 0 Å². The first-order valence-corrected chi connectivity index (χ1v) is 10.9. The van der Waals surface area contributed by atoms with E-state index >= 15 is 0 Å². The van der Waals surface area contributed by atoms with Crippen LogP contribution in [0, 0.1) is 0 Å². The average molecular weight is 312 g/mol. The highest BCUT2D eigenvalue weighted by Crippen LogP contribution is 2.26. The maximum atomic E-state index is 6.05. The average Bonchev–Trinajstić information content (AvgIpc) is 2.75. The standard InChI is InChI=1S/C14H22ClN3OSi/c1-16-12-9-13(15)17-14-11(12)5-6-18(14)10-19-7-8-20(2,3)4/h5-6,9H,7-8,10H2,1-4H3,(H,16,17). The van der Waals surface area contributed by atoms with Gasteiger partial charge in [0.05, 0.1) is 0 Å². The van der Waals surface area contributed by atoms with E-state index in [-0.39, 0.29) is 0 Å². The van der Waals surface area contributed by atoms with Crippen molar-refractivity contribution in [3.63, 3.8) is 0 Å². The molecule has 0 aromatic carbocycles. The highest BCUT2D eigenvalue weighted by Gasteiger charge is 2.13. The Labute approximate surface area is 126 Å². The van der Waals surface area contributed by atoms with Crippen molar-refractivity contribution in [2.24, 2.45) is 0 Å². The number of pyridine rings is 1. The Bertz CT molecular complexity index is 592. The number of nitrogens with zero attached hydrogens (tertiary/aromatic N) is 2. The third kappa shape index (κ3) is 3.74. The van der Waals surface area contributed by atoms with Crippen LogP contribution >= 0.6 is 11.6 Å². The van der Waals surface area contributed by atoms with E-state index in [2.05, 4.69) is 29.9 Å². The molecule has 2 aromatic rings. The van der Waals surface area contributed by atoms with Gasteiger partial charge in [-0.25, -0.2) is 4.98 Å². The molecular weight excluding hydrogens is 290 g/mol. The number of nitrogens with one attached hydrogen (secondary N) is 1. The fraction of sp³-hybridized carbons (Fsp3) is 0.500. The summed E-state index contributed by atoms with van der Waals surface area (Å²) in [5.41, 5.74) is 1.84. The molecule has 2 rings (SSSR count). The lowest BCUT2D eigenvalue weighted by molar-refractivity contribution is 0.0899. The molecule has 0 saturated carbocycles. The van der Waals surface area contributed by atoms with Crippen LogP contribution in [0.2, 0.25) is 30.8 Å². The van der Waals surface area contributed by atoms with Crippen molar-refractivity contribution in [1.29, 1.82) is 0 Å². The van der Waals surface area contributed by atoms with Crippen molar-refractivity contribution in [3.8, 4) is 0 Å². The molecule has 2 heterocycles. The molecule has 4 nitrogen and oxygen atoms in total. The first-order chi connectivity index (χ1) is 9.40. The summed E-state index contributed by atoms with van der Waals surface area (Å²) >= 11 is 6.05. The monoisotopic (exact) mass is 311 g/mol. The van der Waals surface area contributed by atoms with Gasteiger partial charge in [0.1, 0.15) is 17.5 Å². The number of hydrogen-bond acceptors (Lipinski definition) is 3. The van der Waals surface area contributed by atoms with Gasteiger partial charge in [0, 0.05) is 39.0 Å². The number of hydrogen-bond donors (Lipinski definition) is 1. The molecule has 1 N–H and O–H groups in total. The molecule has 110 valence electrons. The Kier molecular flexibility index (Phi) is 4.73. The Hall–Kier alpha value is -1.04. The van der Waals surface area contributed by atoms with Gasteiger partial charge in [0.25, 0.3) is 0 Å². The molecule has 2 aromatic heterocycles. The van der Waals surface area contributed by atoms with Crippen LogP contribution in [0.15, 0.2) is 18.3 Å². The third-order valence-electron chi connectivity index (χ3n) is 3.20. The number of rotatable bonds is 6. The van der Waals surface area contributed by atoms with Gasteiger partial charge in [-0.15, -0.1) is 0 Å². The summed E-state index contributed by atoms with van der Waals surface area (Å²) in [5, 5.41) is 4.69. The minimum Gasteiger partial charge on any atom is -0.387 e.